The highest BCUT2D eigenvalue weighted by atomic mass is 35.5. The lowest BCUT2D eigenvalue weighted by Crippen LogP contribution is -2.30. The molecule has 0 bridgehead atoms. The Morgan fingerprint density at radius 1 is 0.974 bits per heavy atom. The molecule has 0 unspecified atom stereocenters. The summed E-state index contributed by atoms with van der Waals surface area (Å²) < 4.78 is 1.48. The number of para-hydroxylation sites is 1. The van der Waals surface area contributed by atoms with Crippen molar-refractivity contribution < 1.29 is 5.11 Å². The Balaban J connectivity index is 1.77. The number of aliphatic hydroxyl groups excluding tert-OH is 1. The Bertz CT molecular complexity index is 1520. The van der Waals surface area contributed by atoms with Crippen LogP contribution in [0.1, 0.15) is 11.5 Å². The minimum Gasteiger partial charge on any atom is -0.396 e. The minimum atomic E-state index is -0.479. The molecule has 0 amide bonds. The molecule has 0 spiro atoms. The third-order valence-corrected chi connectivity index (χ3v) is 8.22. The molecule has 2 atom stereocenters. The van der Waals surface area contributed by atoms with Crippen molar-refractivity contribution in [3.63, 3.8) is 0 Å². The maximum absolute atomic E-state index is 13.3. The zero-order valence-electron chi connectivity index (χ0n) is 21.2. The van der Waals surface area contributed by atoms with Crippen molar-refractivity contribution in [2.75, 3.05) is 46.9 Å². The molecule has 2 heterocycles. The molecule has 1 saturated heterocycles. The molecular weight excluding hydrogens is 543 g/mol. The van der Waals surface area contributed by atoms with E-state index in [1.807, 2.05) is 30.3 Å². The van der Waals surface area contributed by atoms with Gasteiger partial charge in [0.1, 0.15) is 0 Å². The van der Waals surface area contributed by atoms with Crippen LogP contribution in [-0.4, -0.2) is 71.3 Å². The quantitative estimate of drug-likeness (QED) is 0.314. The Morgan fingerprint density at radius 3 is 2.37 bits per heavy atom. The van der Waals surface area contributed by atoms with E-state index in [4.69, 9.17) is 34.8 Å². The van der Waals surface area contributed by atoms with E-state index < -0.39 is 5.69 Å². The van der Waals surface area contributed by atoms with Crippen molar-refractivity contribution in [3.8, 4) is 16.8 Å². The van der Waals surface area contributed by atoms with Gasteiger partial charge in [0.15, 0.2) is 0 Å². The fourth-order valence-electron chi connectivity index (χ4n) is 5.34. The average molecular weight is 572 g/mol. The van der Waals surface area contributed by atoms with Crippen molar-refractivity contribution in [1.82, 2.24) is 19.4 Å². The molecule has 1 aliphatic heterocycles. The third kappa shape index (κ3) is 5.22. The first kappa shape index (κ1) is 27.1. The predicted octanol–water partition coefficient (Wildman–Crippen LogP) is 5.58. The minimum absolute atomic E-state index is 0.0552. The van der Waals surface area contributed by atoms with Crippen LogP contribution in [0.4, 0.5) is 0 Å². The van der Waals surface area contributed by atoms with Crippen LogP contribution in [-0.2, 0) is 0 Å². The molecule has 6 nitrogen and oxygen atoms in total. The van der Waals surface area contributed by atoms with E-state index in [2.05, 4.69) is 34.9 Å². The Hall–Kier alpha value is -2.45. The lowest BCUT2D eigenvalue weighted by Gasteiger charge is -2.22. The monoisotopic (exact) mass is 570 g/mol. The summed E-state index contributed by atoms with van der Waals surface area (Å²) in [6.07, 6.45) is 1.59. The number of rotatable bonds is 7. The van der Waals surface area contributed by atoms with Gasteiger partial charge >= 0.3 is 5.69 Å². The molecule has 1 aliphatic rings. The number of likely N-dealkylation sites (tertiary alicyclic amines) is 1. The highest BCUT2D eigenvalue weighted by Gasteiger charge is 2.34. The summed E-state index contributed by atoms with van der Waals surface area (Å²) in [5, 5.41) is 12.4. The SMILES string of the molecule is CN(C)CCN1C[C@H](CO)[C@@H](c2cc(-c3ccccc3Cl)c3cnc(=O)n(-c4c(Cl)cccc4Cl)c3c2)C1. The van der Waals surface area contributed by atoms with Crippen molar-refractivity contribution in [3.05, 3.63) is 91.9 Å². The summed E-state index contributed by atoms with van der Waals surface area (Å²) in [6, 6.07) is 16.9. The molecule has 9 heteroatoms. The second-order valence-electron chi connectivity index (χ2n) is 10.0. The summed E-state index contributed by atoms with van der Waals surface area (Å²) >= 11 is 19.8. The maximum atomic E-state index is 13.3. The third-order valence-electron chi connectivity index (χ3n) is 7.28. The topological polar surface area (TPSA) is 61.6 Å². The molecule has 1 fully saturated rings. The molecule has 38 heavy (non-hydrogen) atoms. The van der Waals surface area contributed by atoms with Crippen molar-refractivity contribution in [2.24, 2.45) is 5.92 Å². The van der Waals surface area contributed by atoms with Gasteiger partial charge in [-0.05, 0) is 55.6 Å². The van der Waals surface area contributed by atoms with Gasteiger partial charge in [-0.3, -0.25) is 4.57 Å². The van der Waals surface area contributed by atoms with Crippen LogP contribution < -0.4 is 5.69 Å². The Labute approximate surface area is 237 Å². The van der Waals surface area contributed by atoms with Crippen molar-refractivity contribution in [1.29, 1.82) is 0 Å². The number of aliphatic hydroxyl groups is 1. The predicted molar refractivity (Wildman–Crippen MR) is 156 cm³/mol. The number of hydrogen-bond donors (Lipinski definition) is 1. The first-order chi connectivity index (χ1) is 18.3. The van der Waals surface area contributed by atoms with E-state index >= 15 is 0 Å². The van der Waals surface area contributed by atoms with Crippen LogP contribution in [0.5, 0.6) is 0 Å². The van der Waals surface area contributed by atoms with E-state index in [1.54, 1.807) is 24.4 Å². The van der Waals surface area contributed by atoms with Crippen LogP contribution in [0.25, 0.3) is 27.7 Å². The van der Waals surface area contributed by atoms with Crippen molar-refractivity contribution in [2.45, 2.75) is 5.92 Å². The number of nitrogens with zero attached hydrogens (tertiary/aromatic N) is 4. The molecule has 5 rings (SSSR count). The number of fused-ring (bicyclic) bond motifs is 1. The van der Waals surface area contributed by atoms with E-state index in [0.717, 1.165) is 48.3 Å². The number of hydrogen-bond acceptors (Lipinski definition) is 5. The summed E-state index contributed by atoms with van der Waals surface area (Å²) in [5.41, 5.74) is 3.25. The Kier molecular flexibility index (Phi) is 8.10. The van der Waals surface area contributed by atoms with Crippen LogP contribution in [0, 0.1) is 5.92 Å². The highest BCUT2D eigenvalue weighted by molar-refractivity contribution is 6.38. The average Bonchev–Trinajstić information content (AvgIpc) is 3.32. The molecule has 1 N–H and O–H groups in total. The summed E-state index contributed by atoms with van der Waals surface area (Å²) in [4.78, 5) is 22.0. The molecular formula is C29H29Cl3N4O2. The van der Waals surface area contributed by atoms with E-state index in [9.17, 15) is 9.90 Å². The van der Waals surface area contributed by atoms with Crippen LogP contribution in [0.3, 0.4) is 0 Å². The van der Waals surface area contributed by atoms with Gasteiger partial charge in [-0.2, -0.15) is 0 Å². The summed E-state index contributed by atoms with van der Waals surface area (Å²) in [7, 11) is 4.12. The maximum Gasteiger partial charge on any atom is 0.352 e. The lowest BCUT2D eigenvalue weighted by atomic mass is 9.86. The largest absolute Gasteiger partial charge is 0.396 e. The van der Waals surface area contributed by atoms with Gasteiger partial charge in [0.05, 0.1) is 21.2 Å². The van der Waals surface area contributed by atoms with Crippen LogP contribution >= 0.6 is 34.8 Å². The number of halogens is 3. The van der Waals surface area contributed by atoms with Gasteiger partial charge in [-0.15, -0.1) is 0 Å². The van der Waals surface area contributed by atoms with Gasteiger partial charge in [0.2, 0.25) is 0 Å². The molecule has 3 aromatic carbocycles. The van der Waals surface area contributed by atoms with Crippen LogP contribution in [0.15, 0.2) is 65.6 Å². The Morgan fingerprint density at radius 2 is 1.68 bits per heavy atom. The number of benzene rings is 3. The second kappa shape index (κ2) is 11.3. The first-order valence-electron chi connectivity index (χ1n) is 12.5. The van der Waals surface area contributed by atoms with E-state index in [1.165, 1.54) is 4.57 Å². The zero-order chi connectivity index (χ0) is 27.0. The van der Waals surface area contributed by atoms with E-state index in [-0.39, 0.29) is 18.4 Å². The summed E-state index contributed by atoms with van der Waals surface area (Å²) in [5.74, 6) is 0.117. The van der Waals surface area contributed by atoms with Gasteiger partial charge in [0, 0.05) is 66.8 Å². The van der Waals surface area contributed by atoms with Gasteiger partial charge in [-0.25, -0.2) is 9.78 Å². The molecule has 0 saturated carbocycles. The van der Waals surface area contributed by atoms with Crippen molar-refractivity contribution >= 4 is 45.7 Å². The zero-order valence-corrected chi connectivity index (χ0v) is 23.5. The smallest absolute Gasteiger partial charge is 0.352 e. The van der Waals surface area contributed by atoms with Crippen LogP contribution in [0.2, 0.25) is 15.1 Å². The molecule has 0 radical (unpaired) electrons. The van der Waals surface area contributed by atoms with E-state index in [0.29, 0.717) is 26.3 Å². The normalized spacial score (nSPS) is 18.1. The molecule has 0 aliphatic carbocycles. The standard InChI is InChI=1S/C29H29Cl3N4O2/c1-34(2)10-11-35-15-19(17-37)23(16-35)18-12-21(20-6-3-4-7-24(20)30)22-14-33-29(38)36(27(22)13-18)28-25(31)8-5-9-26(28)32/h3-9,12-14,19,23,37H,10-11,15-17H2,1-2H3/t19-,23-/m1/s1. The van der Waals surface area contributed by atoms with Gasteiger partial charge < -0.3 is 14.9 Å². The molecule has 4 aromatic rings. The summed E-state index contributed by atoms with van der Waals surface area (Å²) in [6.45, 7) is 3.52. The lowest BCUT2D eigenvalue weighted by molar-refractivity contribution is 0.211. The molecule has 198 valence electrons. The molecule has 1 aromatic heterocycles. The van der Waals surface area contributed by atoms with Gasteiger partial charge in [-0.1, -0.05) is 59.1 Å². The van der Waals surface area contributed by atoms with Gasteiger partial charge in [0.25, 0.3) is 0 Å². The second-order valence-corrected chi connectivity index (χ2v) is 11.3. The number of likely N-dealkylation sites (N-methyl/N-ethyl adjacent to an activating group) is 1. The highest BCUT2D eigenvalue weighted by Crippen LogP contribution is 2.40. The fourth-order valence-corrected chi connectivity index (χ4v) is 6.15. The number of aromatic nitrogens is 2. The fraction of sp³-hybridized carbons (Fsp3) is 0.310. The first-order valence-corrected chi connectivity index (χ1v) is 13.6.